The molecule has 1 unspecified atom stereocenters. The van der Waals surface area contributed by atoms with E-state index < -0.39 is 0 Å². The molecule has 0 spiro atoms. The lowest BCUT2D eigenvalue weighted by Gasteiger charge is -2.31. The van der Waals surface area contributed by atoms with Gasteiger partial charge in [0.25, 0.3) is 0 Å². The van der Waals surface area contributed by atoms with Gasteiger partial charge in [-0.2, -0.15) is 0 Å². The van der Waals surface area contributed by atoms with Crippen LogP contribution in [0.15, 0.2) is 12.1 Å². The molecular weight excluding hydrogens is 198 g/mol. The number of nitrogens with zero attached hydrogens (tertiary/aromatic N) is 1. The molecule has 0 saturated heterocycles. The summed E-state index contributed by atoms with van der Waals surface area (Å²) in [7, 11) is 6.08. The van der Waals surface area contributed by atoms with E-state index in [0.717, 1.165) is 5.75 Å². The quantitative estimate of drug-likeness (QED) is 0.758. The Bertz CT molecular complexity index is 385. The predicted octanol–water partition coefficient (Wildman–Crippen LogP) is 2.94. The van der Waals surface area contributed by atoms with Crippen LogP contribution >= 0.6 is 0 Å². The number of benzene rings is 1. The molecule has 1 aromatic rings. The van der Waals surface area contributed by atoms with Crippen molar-refractivity contribution in [3.63, 3.8) is 0 Å². The van der Waals surface area contributed by atoms with Crippen molar-refractivity contribution >= 4 is 0 Å². The van der Waals surface area contributed by atoms with Crippen molar-refractivity contribution in [1.29, 1.82) is 0 Å². The Labute approximate surface area is 98.2 Å². The molecule has 2 nitrogen and oxygen atoms in total. The molecule has 16 heavy (non-hydrogen) atoms. The first-order valence-electron chi connectivity index (χ1n) is 5.97. The van der Waals surface area contributed by atoms with Crippen molar-refractivity contribution in [1.82, 2.24) is 4.90 Å². The second-order valence-electron chi connectivity index (χ2n) is 4.89. The van der Waals surface area contributed by atoms with Gasteiger partial charge in [-0.15, -0.1) is 0 Å². The summed E-state index contributed by atoms with van der Waals surface area (Å²) < 4.78 is 5.39. The number of ether oxygens (including phenoxy) is 1. The van der Waals surface area contributed by atoms with Gasteiger partial charge in [-0.05, 0) is 63.0 Å². The van der Waals surface area contributed by atoms with Gasteiger partial charge >= 0.3 is 0 Å². The molecule has 0 aliphatic heterocycles. The first-order chi connectivity index (χ1) is 7.63. The fraction of sp³-hybridized carbons (Fsp3) is 0.571. The molecular formula is C14H21NO. The minimum Gasteiger partial charge on any atom is -0.496 e. The van der Waals surface area contributed by atoms with Gasteiger partial charge in [0.05, 0.1) is 7.11 Å². The van der Waals surface area contributed by atoms with E-state index in [1.54, 1.807) is 7.11 Å². The molecule has 0 heterocycles. The van der Waals surface area contributed by atoms with Gasteiger partial charge in [0.2, 0.25) is 0 Å². The van der Waals surface area contributed by atoms with E-state index in [1.165, 1.54) is 36.0 Å². The van der Waals surface area contributed by atoms with Crippen LogP contribution in [0.2, 0.25) is 0 Å². The number of hydrogen-bond acceptors (Lipinski definition) is 2. The Morgan fingerprint density at radius 3 is 2.69 bits per heavy atom. The molecule has 0 aromatic heterocycles. The van der Waals surface area contributed by atoms with Crippen LogP contribution < -0.4 is 4.74 Å². The molecule has 88 valence electrons. The van der Waals surface area contributed by atoms with Gasteiger partial charge in [-0.3, -0.25) is 0 Å². The van der Waals surface area contributed by atoms with Crippen LogP contribution in [0.1, 0.15) is 35.6 Å². The molecule has 0 amide bonds. The fourth-order valence-electron chi connectivity index (χ4n) is 2.68. The topological polar surface area (TPSA) is 12.5 Å². The Hall–Kier alpha value is -1.02. The molecule has 0 fully saturated rings. The summed E-state index contributed by atoms with van der Waals surface area (Å²) in [5.41, 5.74) is 4.21. The van der Waals surface area contributed by atoms with Gasteiger partial charge in [0.1, 0.15) is 5.75 Å². The van der Waals surface area contributed by atoms with Gasteiger partial charge < -0.3 is 9.64 Å². The third-order valence-corrected chi connectivity index (χ3v) is 3.56. The van der Waals surface area contributed by atoms with Crippen LogP contribution in [0.4, 0.5) is 0 Å². The van der Waals surface area contributed by atoms with Crippen molar-refractivity contribution in [2.75, 3.05) is 21.2 Å². The third-order valence-electron chi connectivity index (χ3n) is 3.56. The normalized spacial score (nSPS) is 19.7. The summed E-state index contributed by atoms with van der Waals surface area (Å²) in [6.07, 6.45) is 3.74. The van der Waals surface area contributed by atoms with Crippen LogP contribution in [0.3, 0.4) is 0 Å². The average molecular weight is 219 g/mol. The maximum absolute atomic E-state index is 5.39. The Morgan fingerprint density at radius 1 is 1.31 bits per heavy atom. The van der Waals surface area contributed by atoms with Crippen LogP contribution in [0.25, 0.3) is 0 Å². The molecule has 1 atom stereocenters. The second-order valence-corrected chi connectivity index (χ2v) is 4.89. The highest BCUT2D eigenvalue weighted by Crippen LogP contribution is 2.36. The van der Waals surface area contributed by atoms with Crippen molar-refractivity contribution in [2.24, 2.45) is 0 Å². The van der Waals surface area contributed by atoms with Crippen LogP contribution in [-0.2, 0) is 6.42 Å². The first-order valence-corrected chi connectivity index (χ1v) is 5.97. The van der Waals surface area contributed by atoms with E-state index in [9.17, 15) is 0 Å². The first kappa shape index (κ1) is 11.5. The molecule has 0 N–H and O–H groups in total. The number of hydrogen-bond donors (Lipinski definition) is 0. The van der Waals surface area contributed by atoms with E-state index in [0.29, 0.717) is 6.04 Å². The maximum Gasteiger partial charge on any atom is 0.122 e. The smallest absolute Gasteiger partial charge is 0.122 e. The van der Waals surface area contributed by atoms with Crippen molar-refractivity contribution in [3.05, 3.63) is 28.8 Å². The van der Waals surface area contributed by atoms with Crippen LogP contribution in [0, 0.1) is 6.92 Å². The number of rotatable bonds is 2. The van der Waals surface area contributed by atoms with E-state index in [2.05, 4.69) is 38.1 Å². The lowest BCUT2D eigenvalue weighted by molar-refractivity contribution is 0.268. The van der Waals surface area contributed by atoms with E-state index >= 15 is 0 Å². The summed E-state index contributed by atoms with van der Waals surface area (Å²) in [6.45, 7) is 2.13. The number of methoxy groups -OCH3 is 1. The highest BCUT2D eigenvalue weighted by atomic mass is 16.5. The van der Waals surface area contributed by atoms with Crippen LogP contribution in [0.5, 0.6) is 5.75 Å². The Balaban J connectivity index is 2.45. The van der Waals surface area contributed by atoms with E-state index in [-0.39, 0.29) is 0 Å². The van der Waals surface area contributed by atoms with Gasteiger partial charge in [-0.25, -0.2) is 0 Å². The Morgan fingerprint density at radius 2 is 2.06 bits per heavy atom. The predicted molar refractivity (Wildman–Crippen MR) is 67.1 cm³/mol. The van der Waals surface area contributed by atoms with Crippen molar-refractivity contribution in [2.45, 2.75) is 32.2 Å². The maximum atomic E-state index is 5.39. The van der Waals surface area contributed by atoms with E-state index in [4.69, 9.17) is 4.74 Å². The van der Waals surface area contributed by atoms with Crippen LogP contribution in [-0.4, -0.2) is 26.1 Å². The summed E-state index contributed by atoms with van der Waals surface area (Å²) in [4.78, 5) is 2.32. The summed E-state index contributed by atoms with van der Waals surface area (Å²) in [5, 5.41) is 0. The van der Waals surface area contributed by atoms with E-state index in [1.807, 2.05) is 0 Å². The number of aryl methyl sites for hydroxylation is 2. The second kappa shape index (κ2) is 4.46. The molecule has 0 saturated carbocycles. The zero-order chi connectivity index (χ0) is 11.7. The fourth-order valence-corrected chi connectivity index (χ4v) is 2.68. The molecule has 0 bridgehead atoms. The zero-order valence-electron chi connectivity index (χ0n) is 10.7. The average Bonchev–Trinajstić information content (AvgIpc) is 2.27. The lowest BCUT2D eigenvalue weighted by atomic mass is 9.86. The standard InChI is InChI=1S/C14H21NO/c1-10-8-12-11(9-14(10)16-4)6-5-7-13(12)15(2)3/h8-9,13H,5-7H2,1-4H3. The molecule has 2 heteroatoms. The van der Waals surface area contributed by atoms with Crippen molar-refractivity contribution < 1.29 is 4.74 Å². The molecule has 0 radical (unpaired) electrons. The monoisotopic (exact) mass is 219 g/mol. The van der Waals surface area contributed by atoms with Gasteiger partial charge in [0.15, 0.2) is 0 Å². The minimum atomic E-state index is 0.577. The largest absolute Gasteiger partial charge is 0.496 e. The zero-order valence-corrected chi connectivity index (χ0v) is 10.7. The molecule has 1 aliphatic carbocycles. The summed E-state index contributed by atoms with van der Waals surface area (Å²) >= 11 is 0. The number of fused-ring (bicyclic) bond motifs is 1. The SMILES string of the molecule is COc1cc2c(cc1C)C(N(C)C)CCC2. The molecule has 1 aromatic carbocycles. The minimum absolute atomic E-state index is 0.577. The highest BCUT2D eigenvalue weighted by Gasteiger charge is 2.22. The molecule has 2 rings (SSSR count). The lowest BCUT2D eigenvalue weighted by Crippen LogP contribution is -2.24. The van der Waals surface area contributed by atoms with Gasteiger partial charge in [0, 0.05) is 6.04 Å². The third kappa shape index (κ3) is 1.94. The Kier molecular flexibility index (Phi) is 3.20. The van der Waals surface area contributed by atoms with Gasteiger partial charge in [-0.1, -0.05) is 6.07 Å². The molecule has 1 aliphatic rings. The summed E-state index contributed by atoms with van der Waals surface area (Å²) in [5.74, 6) is 1.03. The highest BCUT2D eigenvalue weighted by molar-refractivity contribution is 5.44. The summed E-state index contributed by atoms with van der Waals surface area (Å²) in [6, 6.07) is 5.10. The van der Waals surface area contributed by atoms with Crippen molar-refractivity contribution in [3.8, 4) is 5.75 Å².